The second-order valence-corrected chi connectivity index (χ2v) is 10.2. The lowest BCUT2D eigenvalue weighted by atomic mass is 9.34. The van der Waals surface area contributed by atoms with E-state index in [2.05, 4.69) is 91.2 Å². The van der Waals surface area contributed by atoms with Gasteiger partial charge in [0, 0.05) is 16.5 Å². The summed E-state index contributed by atoms with van der Waals surface area (Å²) in [5, 5.41) is 2.76. The fraction of sp³-hybridized carbons (Fsp3) is 0.250. The van der Waals surface area contributed by atoms with Gasteiger partial charge in [0.05, 0.1) is 11.0 Å². The van der Waals surface area contributed by atoms with E-state index in [9.17, 15) is 0 Å². The van der Waals surface area contributed by atoms with E-state index in [0.29, 0.717) is 0 Å². The topological polar surface area (TPSA) is 14.2 Å². The predicted molar refractivity (Wildman–Crippen MR) is 149 cm³/mol. The number of aromatic nitrogens is 1. The lowest BCUT2D eigenvalue weighted by Crippen LogP contribution is -2.58. The molecule has 2 nitrogen and oxygen atoms in total. The number of benzene rings is 4. The van der Waals surface area contributed by atoms with Crippen LogP contribution in [0, 0.1) is 0 Å². The van der Waals surface area contributed by atoms with Gasteiger partial charge in [-0.3, -0.25) is 0 Å². The maximum absolute atomic E-state index is 6.75. The van der Waals surface area contributed by atoms with Crippen LogP contribution in [0.3, 0.4) is 0 Å². The van der Waals surface area contributed by atoms with Gasteiger partial charge in [0.1, 0.15) is 11.5 Å². The molecule has 172 valence electrons. The molecule has 3 heterocycles. The molecule has 0 radical (unpaired) electrons. The normalized spacial score (nSPS) is 13.1. The van der Waals surface area contributed by atoms with Crippen molar-refractivity contribution in [2.75, 3.05) is 0 Å². The number of para-hydroxylation sites is 2. The molecule has 2 aliphatic rings. The highest BCUT2D eigenvalue weighted by Gasteiger charge is 2.41. The zero-order valence-electron chi connectivity index (χ0n) is 20.6. The van der Waals surface area contributed by atoms with E-state index in [1.807, 2.05) is 0 Å². The van der Waals surface area contributed by atoms with Crippen molar-refractivity contribution in [1.82, 2.24) is 4.57 Å². The minimum Gasteiger partial charge on any atom is -0.458 e. The Balaban J connectivity index is 1.62. The Hall–Kier alpha value is -3.46. The molecule has 0 amide bonds. The zero-order chi connectivity index (χ0) is 23.5. The standard InChI is InChI=1S/C32H30BNO/c1-3-5-11-21-17-18-27-23(19-21)24-20-22(12-6-4-2)32-30-31(24)34(27)28-15-9-7-13-25(28)33(30)26-14-8-10-16-29(26)35-32/h7-10,13-20H,3-6,11-12H2,1-2H3. The summed E-state index contributed by atoms with van der Waals surface area (Å²) in [5.41, 5.74) is 10.7. The molecule has 5 aromatic rings. The summed E-state index contributed by atoms with van der Waals surface area (Å²) >= 11 is 0. The Labute approximate surface area is 207 Å². The van der Waals surface area contributed by atoms with Gasteiger partial charge >= 0.3 is 0 Å². The number of hydrogen-bond donors (Lipinski definition) is 0. The fourth-order valence-corrected chi connectivity index (χ4v) is 6.36. The zero-order valence-corrected chi connectivity index (χ0v) is 20.6. The first-order chi connectivity index (χ1) is 17.3. The van der Waals surface area contributed by atoms with E-state index < -0.39 is 0 Å². The quantitative estimate of drug-likeness (QED) is 0.265. The van der Waals surface area contributed by atoms with Crippen LogP contribution in [-0.2, 0) is 12.8 Å². The van der Waals surface area contributed by atoms with Gasteiger partial charge in [0.15, 0.2) is 0 Å². The van der Waals surface area contributed by atoms with Crippen LogP contribution < -0.4 is 21.1 Å². The summed E-state index contributed by atoms with van der Waals surface area (Å²) in [4.78, 5) is 0. The molecule has 0 unspecified atom stereocenters. The average molecular weight is 455 g/mol. The van der Waals surface area contributed by atoms with Crippen LogP contribution in [0.5, 0.6) is 11.5 Å². The lowest BCUT2D eigenvalue weighted by molar-refractivity contribution is 0.480. The molecule has 0 saturated carbocycles. The third-order valence-electron chi connectivity index (χ3n) is 8.02. The van der Waals surface area contributed by atoms with Crippen molar-refractivity contribution < 1.29 is 4.74 Å². The first-order valence-electron chi connectivity index (χ1n) is 13.3. The highest BCUT2D eigenvalue weighted by atomic mass is 16.5. The van der Waals surface area contributed by atoms with E-state index in [0.717, 1.165) is 24.3 Å². The number of fused-ring (bicyclic) bond motifs is 8. The van der Waals surface area contributed by atoms with Crippen LogP contribution in [0.1, 0.15) is 50.7 Å². The Morgan fingerprint density at radius 1 is 0.771 bits per heavy atom. The first kappa shape index (κ1) is 20.9. The van der Waals surface area contributed by atoms with Crippen molar-refractivity contribution in [3.8, 4) is 17.2 Å². The second kappa shape index (κ2) is 8.05. The molecule has 0 atom stereocenters. The van der Waals surface area contributed by atoms with Crippen molar-refractivity contribution in [2.24, 2.45) is 0 Å². The molecule has 0 saturated heterocycles. The van der Waals surface area contributed by atoms with Gasteiger partial charge in [0.2, 0.25) is 0 Å². The molecular weight excluding hydrogens is 425 g/mol. The maximum atomic E-state index is 6.75. The average Bonchev–Trinajstić information content (AvgIpc) is 3.23. The van der Waals surface area contributed by atoms with Crippen LogP contribution in [0.25, 0.3) is 27.5 Å². The summed E-state index contributed by atoms with van der Waals surface area (Å²) < 4.78 is 9.26. The highest BCUT2D eigenvalue weighted by molar-refractivity contribution is 6.99. The fourth-order valence-electron chi connectivity index (χ4n) is 6.36. The van der Waals surface area contributed by atoms with E-state index in [1.54, 1.807) is 0 Å². The second-order valence-electron chi connectivity index (χ2n) is 10.2. The summed E-state index contributed by atoms with van der Waals surface area (Å²) in [5.74, 6) is 2.10. The van der Waals surface area contributed by atoms with E-state index >= 15 is 0 Å². The van der Waals surface area contributed by atoms with Crippen molar-refractivity contribution in [2.45, 2.75) is 52.4 Å². The third kappa shape index (κ3) is 2.97. The summed E-state index contributed by atoms with van der Waals surface area (Å²) in [6.07, 6.45) is 7.00. The molecule has 1 aromatic heterocycles. The van der Waals surface area contributed by atoms with Crippen LogP contribution in [-0.4, -0.2) is 11.3 Å². The maximum Gasteiger partial charge on any atom is 0.256 e. The molecule has 0 aliphatic carbocycles. The van der Waals surface area contributed by atoms with Gasteiger partial charge in [-0.25, -0.2) is 0 Å². The van der Waals surface area contributed by atoms with Crippen LogP contribution in [0.4, 0.5) is 0 Å². The Bertz CT molecular complexity index is 1610. The van der Waals surface area contributed by atoms with Crippen molar-refractivity contribution in [3.05, 3.63) is 83.9 Å². The Morgan fingerprint density at radius 2 is 1.54 bits per heavy atom. The molecular formula is C32H30BNO. The number of rotatable bonds is 6. The number of nitrogens with zero attached hydrogens (tertiary/aromatic N) is 1. The molecule has 7 rings (SSSR count). The van der Waals surface area contributed by atoms with Crippen molar-refractivity contribution in [3.63, 3.8) is 0 Å². The molecule has 2 aliphatic heterocycles. The molecule has 4 aromatic carbocycles. The smallest absolute Gasteiger partial charge is 0.256 e. The van der Waals surface area contributed by atoms with Crippen LogP contribution in [0.15, 0.2) is 72.8 Å². The molecule has 0 bridgehead atoms. The summed E-state index contributed by atoms with van der Waals surface area (Å²) in [7, 11) is 0. The first-order valence-corrected chi connectivity index (χ1v) is 13.3. The number of hydrogen-bond acceptors (Lipinski definition) is 1. The van der Waals surface area contributed by atoms with Crippen molar-refractivity contribution in [1.29, 1.82) is 0 Å². The van der Waals surface area contributed by atoms with Gasteiger partial charge in [0.25, 0.3) is 6.71 Å². The summed E-state index contributed by atoms with van der Waals surface area (Å²) in [6.45, 7) is 4.75. The molecule has 35 heavy (non-hydrogen) atoms. The minimum atomic E-state index is 0.201. The Morgan fingerprint density at radius 3 is 2.40 bits per heavy atom. The third-order valence-corrected chi connectivity index (χ3v) is 8.02. The Kier molecular flexibility index (Phi) is 4.80. The predicted octanol–water partition coefficient (Wildman–Crippen LogP) is 6.40. The molecule has 0 spiro atoms. The molecule has 0 N–H and O–H groups in total. The van der Waals surface area contributed by atoms with Crippen molar-refractivity contribution >= 4 is 44.9 Å². The van der Waals surface area contributed by atoms with Gasteiger partial charge in [-0.05, 0) is 83.5 Å². The largest absolute Gasteiger partial charge is 0.458 e. The minimum absolute atomic E-state index is 0.201. The molecule has 3 heteroatoms. The molecule has 0 fully saturated rings. The lowest BCUT2D eigenvalue weighted by Gasteiger charge is -2.34. The van der Waals surface area contributed by atoms with Crippen LogP contribution in [0.2, 0.25) is 0 Å². The number of ether oxygens (including phenoxy) is 1. The number of unbranched alkanes of at least 4 members (excludes halogenated alkanes) is 2. The van der Waals surface area contributed by atoms with E-state index in [-0.39, 0.29) is 6.71 Å². The van der Waals surface area contributed by atoms with Gasteiger partial charge < -0.3 is 9.30 Å². The van der Waals surface area contributed by atoms with Gasteiger partial charge in [-0.1, -0.05) is 69.2 Å². The highest BCUT2D eigenvalue weighted by Crippen LogP contribution is 2.41. The van der Waals surface area contributed by atoms with Crippen LogP contribution >= 0.6 is 0 Å². The van der Waals surface area contributed by atoms with Gasteiger partial charge in [-0.15, -0.1) is 0 Å². The SMILES string of the molecule is CCCCc1ccc2c(c1)c1cc(CCCC)c3c4c1n2-c1ccccc1B4c1ccccc1O3. The number of aryl methyl sites for hydroxylation is 2. The van der Waals surface area contributed by atoms with E-state index in [4.69, 9.17) is 4.74 Å². The van der Waals surface area contributed by atoms with E-state index in [1.165, 1.54) is 80.7 Å². The monoisotopic (exact) mass is 455 g/mol. The van der Waals surface area contributed by atoms with Gasteiger partial charge in [-0.2, -0.15) is 0 Å². The summed E-state index contributed by atoms with van der Waals surface area (Å²) in [6, 6.07) is 27.2.